The predicted octanol–water partition coefficient (Wildman–Crippen LogP) is 4.61. The van der Waals surface area contributed by atoms with Crippen molar-refractivity contribution >= 4 is 17.6 Å². The third kappa shape index (κ3) is 0.0846. The fourth-order valence-electron chi connectivity index (χ4n) is 18.8. The molecule has 0 aromatic heterocycles. The molecule has 1 spiro atoms. The first-order valence-corrected chi connectivity index (χ1v) is 14.7. The van der Waals surface area contributed by atoms with Gasteiger partial charge in [-0.2, -0.15) is 0 Å². The molecule has 10 heterocycles. The van der Waals surface area contributed by atoms with Crippen molar-refractivity contribution in [3.8, 4) is 0 Å². The van der Waals surface area contributed by atoms with Gasteiger partial charge in [-0.15, -0.1) is 0 Å². The zero-order chi connectivity index (χ0) is 12.3. The number of carbonyl (C=O) groups is 1. The number of unbranched alkanes of at least 4 members (excludes halogenated alkanes) is 1. The first-order valence-electron chi connectivity index (χ1n) is 7.95. The van der Waals surface area contributed by atoms with E-state index in [0.717, 1.165) is 50.8 Å². The van der Waals surface area contributed by atoms with E-state index in [1.54, 1.807) is 0 Å². The maximum atomic E-state index is 12.4. The van der Waals surface area contributed by atoms with Gasteiger partial charge in [-0.1, -0.05) is 0 Å². The van der Waals surface area contributed by atoms with Crippen molar-refractivity contribution < 1.29 is 16.4 Å². The zero-order valence-corrected chi connectivity index (χ0v) is 12.4. The van der Waals surface area contributed by atoms with Gasteiger partial charge in [-0.05, 0) is 0 Å². The maximum absolute atomic E-state index is 12.4. The van der Waals surface area contributed by atoms with Crippen LogP contribution in [0, 0.1) is 0 Å². The molecule has 0 amide bonds. The molecule has 10 fully saturated rings. The van der Waals surface area contributed by atoms with E-state index in [1.165, 1.54) is 12.8 Å². The van der Waals surface area contributed by atoms with Crippen LogP contribution in [0.3, 0.4) is 0 Å². The summed E-state index contributed by atoms with van der Waals surface area (Å²) in [6, 6.07) is 0. The molecule has 0 radical (unpaired) electrons. The number of aliphatic carboxylic acids is 1. The average molecular weight is 321 g/mol. The van der Waals surface area contributed by atoms with Crippen molar-refractivity contribution in [2.24, 2.45) is 0 Å². The normalized spacial score (nSPS) is 112. The molecule has 10 saturated heterocycles. The Kier molecular flexibility index (Phi) is 0.297. The van der Waals surface area contributed by atoms with E-state index in [4.69, 9.17) is 11.6 Å². The van der Waals surface area contributed by atoms with Gasteiger partial charge in [0.25, 0.3) is 0 Å². The minimum absolute atomic E-state index is 0.0123. The van der Waals surface area contributed by atoms with Crippen LogP contribution in [0.15, 0.2) is 0 Å². The summed E-state index contributed by atoms with van der Waals surface area (Å²) in [5, 5.41) is 10.2. The molecule has 0 saturated carbocycles. The first-order chi connectivity index (χ1) is 8.94. The molecule has 2 nitrogen and oxygen atoms in total. The van der Waals surface area contributed by atoms with Crippen molar-refractivity contribution in [2.75, 3.05) is 5.88 Å². The van der Waals surface area contributed by atoms with E-state index in [9.17, 15) is 9.90 Å². The summed E-state index contributed by atoms with van der Waals surface area (Å²) in [5.41, 5.74) is 0. The fourth-order valence-corrected chi connectivity index (χ4v) is 95.6. The second-order valence-corrected chi connectivity index (χ2v) is 35.1. The van der Waals surface area contributed by atoms with Crippen molar-refractivity contribution in [1.29, 1.82) is 0 Å². The molecule has 0 aromatic carbocycles. The molecule has 10 rings (SSSR count). The van der Waals surface area contributed by atoms with E-state index in [1.807, 2.05) is 0 Å². The van der Waals surface area contributed by atoms with Gasteiger partial charge in [0.05, 0.1) is 0 Å². The standard InChI is InChI=1S/C10H12ClO2.C5H5.Fe/c11-7-2-1-4-8-5-3-6-9(8)10(12)13;1-2-4-5-3-1;/h3,5-6H,1-2,4,7H2,(H,12,13);1-5H;. The first kappa shape index (κ1) is 8.06. The molecule has 0 aromatic rings. The van der Waals surface area contributed by atoms with Crippen molar-refractivity contribution in [3.63, 3.8) is 0 Å². The molecule has 10 aliphatic rings. The second-order valence-electron chi connectivity index (χ2n) is 11.3. The van der Waals surface area contributed by atoms with Crippen LogP contribution in [0.1, 0.15) is 19.3 Å². The molecule has 0 aliphatic carbocycles. The number of fused-ring (bicyclic) bond motifs is 10. The zero-order valence-electron chi connectivity index (χ0n) is 10.5. The van der Waals surface area contributed by atoms with Gasteiger partial charge in [0.1, 0.15) is 0 Å². The number of hydrogen-bond acceptors (Lipinski definition) is 1. The summed E-state index contributed by atoms with van der Waals surface area (Å²) in [6.07, 6.45) is 3.64. The topological polar surface area (TPSA) is 37.3 Å². The number of rotatable bonds is 5. The molecular formula is C15H17ClFeO2. The Labute approximate surface area is 106 Å². The monoisotopic (exact) mass is 320 g/mol. The van der Waals surface area contributed by atoms with Crippen LogP contribution in [0.5, 0.6) is 0 Å². The van der Waals surface area contributed by atoms with Gasteiger partial charge in [0, 0.05) is 0 Å². The van der Waals surface area contributed by atoms with E-state index < -0.39 is 6.51 Å². The van der Waals surface area contributed by atoms with Crippen LogP contribution < -0.4 is 0 Å². The van der Waals surface area contributed by atoms with Gasteiger partial charge < -0.3 is 0 Å². The number of hydrogen-bond donors (Lipinski definition) is 1. The Morgan fingerprint density at radius 1 is 1.05 bits per heavy atom. The summed E-state index contributed by atoms with van der Waals surface area (Å²) >= 11 is 5.88. The summed E-state index contributed by atoms with van der Waals surface area (Å²) in [5.74, 6) is 0.488. The minimum atomic E-state index is -3.54. The SMILES string of the molecule is O=C(O)[C]12[CH]3[CH]4[CH]5[C]1(CCCCCl)[Fe]45321678[CH]2[CH]1[CH]6[CH]7[CH]28. The molecule has 0 bridgehead atoms. The Hall–Kier alpha value is 0.279. The van der Waals surface area contributed by atoms with Gasteiger partial charge in [-0.25, -0.2) is 0 Å². The molecule has 104 valence electrons. The fraction of sp³-hybridized carbons (Fsp3) is 0.933. The molecule has 5 unspecified atom stereocenters. The summed E-state index contributed by atoms with van der Waals surface area (Å²) < 4.78 is 0.516. The molecule has 1 N–H and O–H groups in total. The number of alkyl halides is 1. The Morgan fingerprint density at radius 3 is 2.05 bits per heavy atom. The average Bonchev–Trinajstić information content (AvgIpc) is 3.33. The van der Waals surface area contributed by atoms with Crippen LogP contribution >= 0.6 is 11.6 Å². The Bertz CT molecular complexity index is 1040. The van der Waals surface area contributed by atoms with E-state index in [0.29, 0.717) is 4.31 Å². The number of halogens is 1. The van der Waals surface area contributed by atoms with Gasteiger partial charge in [-0.3, -0.25) is 0 Å². The van der Waals surface area contributed by atoms with Crippen molar-refractivity contribution in [1.82, 2.24) is 0 Å². The summed E-state index contributed by atoms with van der Waals surface area (Å²) in [6.45, 7) is -3.54. The second kappa shape index (κ2) is 0.700. The molecule has 4 heteroatoms. The van der Waals surface area contributed by atoms with E-state index in [2.05, 4.69) is 0 Å². The van der Waals surface area contributed by atoms with E-state index >= 15 is 0 Å². The van der Waals surface area contributed by atoms with E-state index in [-0.39, 0.29) is 10.3 Å². The van der Waals surface area contributed by atoms with Gasteiger partial charge in [0.15, 0.2) is 0 Å². The molecule has 10 aliphatic heterocycles. The molecule has 5 atom stereocenters. The third-order valence-corrected chi connectivity index (χ3v) is 60.1. The van der Waals surface area contributed by atoms with Crippen LogP contribution in [0.2, 0.25) is 47.2 Å². The van der Waals surface area contributed by atoms with Crippen molar-refractivity contribution in [3.05, 3.63) is 0 Å². The van der Waals surface area contributed by atoms with Gasteiger partial charge >= 0.3 is 106 Å². The quantitative estimate of drug-likeness (QED) is 0.456. The molecular weight excluding hydrogens is 303 g/mol. The van der Waals surface area contributed by atoms with Crippen LogP contribution in [-0.2, 0) is 11.3 Å². The predicted molar refractivity (Wildman–Crippen MR) is 67.6 cm³/mol. The Morgan fingerprint density at radius 2 is 1.68 bits per heavy atom. The third-order valence-electron chi connectivity index (χ3n) is 16.4. The molecule has 19 heavy (non-hydrogen) atoms. The van der Waals surface area contributed by atoms with Crippen LogP contribution in [0.25, 0.3) is 0 Å². The van der Waals surface area contributed by atoms with Gasteiger partial charge in [0.2, 0.25) is 0 Å². The Balaban J connectivity index is 1.46. The van der Waals surface area contributed by atoms with Crippen molar-refractivity contribution in [2.45, 2.75) is 66.4 Å². The summed E-state index contributed by atoms with van der Waals surface area (Å²) in [7, 11) is 0. The van der Waals surface area contributed by atoms with Crippen LogP contribution in [0.4, 0.5) is 0 Å². The number of carboxylic acids is 1. The summed E-state index contributed by atoms with van der Waals surface area (Å²) in [4.78, 5) is 21.0. The van der Waals surface area contributed by atoms with Crippen LogP contribution in [-0.4, -0.2) is 17.0 Å². The number of carboxylic acid groups (broad SMARTS) is 1.